The van der Waals surface area contributed by atoms with Crippen LogP contribution in [0.1, 0.15) is 17.2 Å². The molecular weight excluding hydrogens is 399 g/mol. The molecule has 1 fully saturated rings. The zero-order valence-corrected chi connectivity index (χ0v) is 17.0. The summed E-state index contributed by atoms with van der Waals surface area (Å²) in [6.07, 6.45) is 0. The topological polar surface area (TPSA) is 60.9 Å². The Bertz CT molecular complexity index is 922. The number of nitrogens with zero attached hydrogens (tertiary/aromatic N) is 2. The fraction of sp³-hybridized carbons (Fsp3) is 0.238. The van der Waals surface area contributed by atoms with E-state index < -0.39 is 17.7 Å². The van der Waals surface area contributed by atoms with Gasteiger partial charge in [0.2, 0.25) is 0 Å². The van der Waals surface area contributed by atoms with Crippen molar-refractivity contribution in [1.29, 1.82) is 0 Å². The summed E-state index contributed by atoms with van der Waals surface area (Å²) < 4.78 is 0. The maximum absolute atomic E-state index is 12.8. The maximum atomic E-state index is 12.8. The van der Waals surface area contributed by atoms with Gasteiger partial charge in [-0.3, -0.25) is 9.59 Å². The summed E-state index contributed by atoms with van der Waals surface area (Å²) in [5.41, 5.74) is 1.19. The van der Waals surface area contributed by atoms with Crippen molar-refractivity contribution in [1.82, 2.24) is 9.80 Å². The van der Waals surface area contributed by atoms with Crippen LogP contribution in [-0.2, 0) is 9.59 Å². The molecule has 1 N–H and O–H groups in total. The van der Waals surface area contributed by atoms with Crippen LogP contribution in [-0.4, -0.2) is 53.8 Å². The van der Waals surface area contributed by atoms with Gasteiger partial charge in [-0.05, 0) is 56.1 Å². The lowest BCUT2D eigenvalue weighted by Crippen LogP contribution is -2.35. The first-order valence-electron chi connectivity index (χ1n) is 8.74. The number of halogens is 2. The normalized spacial score (nSPS) is 18.9. The first kappa shape index (κ1) is 20.4. The number of hydrogen-bond donors (Lipinski definition) is 1. The Morgan fingerprint density at radius 1 is 1.00 bits per heavy atom. The lowest BCUT2D eigenvalue weighted by molar-refractivity contribution is -0.140. The van der Waals surface area contributed by atoms with Gasteiger partial charge in [-0.25, -0.2) is 0 Å². The molecule has 146 valence electrons. The van der Waals surface area contributed by atoms with E-state index in [9.17, 15) is 14.7 Å². The molecule has 0 bridgehead atoms. The highest BCUT2D eigenvalue weighted by molar-refractivity contribution is 6.46. The van der Waals surface area contributed by atoms with Crippen molar-refractivity contribution >= 4 is 40.7 Å². The second kappa shape index (κ2) is 8.35. The Kier molecular flexibility index (Phi) is 6.08. The quantitative estimate of drug-likeness (QED) is 0.453. The molecule has 1 atom stereocenters. The molecular formula is C21H20Cl2N2O3. The third kappa shape index (κ3) is 4.07. The number of ketones is 1. The Morgan fingerprint density at radius 3 is 2.07 bits per heavy atom. The van der Waals surface area contributed by atoms with Gasteiger partial charge < -0.3 is 14.9 Å². The van der Waals surface area contributed by atoms with Crippen LogP contribution in [0.4, 0.5) is 0 Å². The van der Waals surface area contributed by atoms with E-state index in [1.54, 1.807) is 48.5 Å². The zero-order chi connectivity index (χ0) is 20.4. The highest BCUT2D eigenvalue weighted by atomic mass is 35.5. The minimum Gasteiger partial charge on any atom is -0.507 e. The second-order valence-corrected chi connectivity index (χ2v) is 7.73. The third-order valence-corrected chi connectivity index (χ3v) is 5.14. The van der Waals surface area contributed by atoms with Gasteiger partial charge in [-0.15, -0.1) is 0 Å². The van der Waals surface area contributed by atoms with Gasteiger partial charge in [0.25, 0.3) is 11.7 Å². The molecule has 0 aromatic heterocycles. The van der Waals surface area contributed by atoms with Gasteiger partial charge in [0.15, 0.2) is 0 Å². The number of likely N-dealkylation sites (tertiary alicyclic amines) is 1. The molecule has 0 spiro atoms. The van der Waals surface area contributed by atoms with Crippen LogP contribution < -0.4 is 0 Å². The smallest absolute Gasteiger partial charge is 0.295 e. The van der Waals surface area contributed by atoms with E-state index in [-0.39, 0.29) is 11.3 Å². The molecule has 1 heterocycles. The molecule has 28 heavy (non-hydrogen) atoms. The van der Waals surface area contributed by atoms with Crippen LogP contribution >= 0.6 is 23.2 Å². The lowest BCUT2D eigenvalue weighted by atomic mass is 9.95. The van der Waals surface area contributed by atoms with Crippen molar-refractivity contribution in [2.75, 3.05) is 27.2 Å². The van der Waals surface area contributed by atoms with E-state index in [1.165, 1.54) is 4.90 Å². The van der Waals surface area contributed by atoms with Crippen LogP contribution in [0.3, 0.4) is 0 Å². The zero-order valence-electron chi connectivity index (χ0n) is 15.5. The number of hydrogen-bond acceptors (Lipinski definition) is 4. The van der Waals surface area contributed by atoms with Gasteiger partial charge in [-0.1, -0.05) is 35.3 Å². The Balaban J connectivity index is 2.13. The molecule has 1 aliphatic rings. The van der Waals surface area contributed by atoms with Crippen LogP contribution in [0.25, 0.3) is 5.76 Å². The van der Waals surface area contributed by atoms with Crippen LogP contribution in [0.15, 0.2) is 54.1 Å². The summed E-state index contributed by atoms with van der Waals surface area (Å²) in [5, 5.41) is 11.9. The first-order valence-corrected chi connectivity index (χ1v) is 9.49. The Hall–Kier alpha value is -2.34. The number of likely N-dealkylation sites (N-methyl/N-ethyl adjacent to an activating group) is 1. The first-order chi connectivity index (χ1) is 13.3. The maximum Gasteiger partial charge on any atom is 0.295 e. The van der Waals surface area contributed by atoms with Gasteiger partial charge in [0.05, 0.1) is 11.6 Å². The van der Waals surface area contributed by atoms with Gasteiger partial charge in [0, 0.05) is 28.7 Å². The van der Waals surface area contributed by atoms with Gasteiger partial charge >= 0.3 is 0 Å². The highest BCUT2D eigenvalue weighted by Gasteiger charge is 2.45. The Labute approximate surface area is 173 Å². The van der Waals surface area contributed by atoms with E-state index >= 15 is 0 Å². The summed E-state index contributed by atoms with van der Waals surface area (Å²) in [6, 6.07) is 12.7. The van der Waals surface area contributed by atoms with Crippen molar-refractivity contribution < 1.29 is 14.7 Å². The van der Waals surface area contributed by atoms with E-state index in [0.717, 1.165) is 0 Å². The summed E-state index contributed by atoms with van der Waals surface area (Å²) >= 11 is 11.9. The molecule has 1 aliphatic heterocycles. The SMILES string of the molecule is CN(C)CCN1C(=O)C(=O)/C(=C(/O)c2ccc(Cl)cc2)C1c1ccc(Cl)cc1. The third-order valence-electron chi connectivity index (χ3n) is 4.63. The molecule has 0 saturated carbocycles. The second-order valence-electron chi connectivity index (χ2n) is 6.85. The van der Waals surface area contributed by atoms with Crippen molar-refractivity contribution in [3.05, 3.63) is 75.3 Å². The highest BCUT2D eigenvalue weighted by Crippen LogP contribution is 2.39. The molecule has 3 rings (SSSR count). The lowest BCUT2D eigenvalue weighted by Gasteiger charge is -2.26. The fourth-order valence-corrected chi connectivity index (χ4v) is 3.43. The number of carbonyl (C=O) groups excluding carboxylic acids is 2. The molecule has 2 aromatic rings. The molecule has 1 amide bonds. The minimum atomic E-state index is -0.703. The van der Waals surface area contributed by atoms with E-state index in [4.69, 9.17) is 23.2 Å². The summed E-state index contributed by atoms with van der Waals surface area (Å²) in [6.45, 7) is 0.931. The predicted molar refractivity (Wildman–Crippen MR) is 110 cm³/mol. The Morgan fingerprint density at radius 2 is 1.54 bits per heavy atom. The van der Waals surface area contributed by atoms with Crippen molar-refractivity contribution in [2.24, 2.45) is 0 Å². The van der Waals surface area contributed by atoms with Crippen LogP contribution in [0, 0.1) is 0 Å². The molecule has 2 aromatic carbocycles. The fourth-order valence-electron chi connectivity index (χ4n) is 3.17. The number of benzene rings is 2. The largest absolute Gasteiger partial charge is 0.507 e. The number of carbonyl (C=O) groups is 2. The average Bonchev–Trinajstić information content (AvgIpc) is 2.91. The van der Waals surface area contributed by atoms with Crippen molar-refractivity contribution in [3.8, 4) is 0 Å². The van der Waals surface area contributed by atoms with E-state index in [2.05, 4.69) is 0 Å². The summed E-state index contributed by atoms with van der Waals surface area (Å²) in [7, 11) is 3.78. The molecule has 0 radical (unpaired) electrons. The molecule has 5 nitrogen and oxygen atoms in total. The number of amides is 1. The van der Waals surface area contributed by atoms with Crippen LogP contribution in [0.5, 0.6) is 0 Å². The predicted octanol–water partition coefficient (Wildman–Crippen LogP) is 3.98. The molecule has 1 saturated heterocycles. The van der Waals surface area contributed by atoms with Crippen molar-refractivity contribution in [2.45, 2.75) is 6.04 Å². The number of rotatable bonds is 5. The van der Waals surface area contributed by atoms with Crippen LogP contribution in [0.2, 0.25) is 10.0 Å². The van der Waals surface area contributed by atoms with E-state index in [1.807, 2.05) is 19.0 Å². The monoisotopic (exact) mass is 418 g/mol. The van der Waals surface area contributed by atoms with E-state index in [0.29, 0.717) is 34.3 Å². The number of aliphatic hydroxyl groups excluding tert-OH is 1. The average molecular weight is 419 g/mol. The van der Waals surface area contributed by atoms with Crippen molar-refractivity contribution in [3.63, 3.8) is 0 Å². The van der Waals surface area contributed by atoms with Gasteiger partial charge in [0.1, 0.15) is 5.76 Å². The summed E-state index contributed by atoms with van der Waals surface area (Å²) in [4.78, 5) is 29.0. The number of Topliss-reactive ketones (excluding diaryl/α,β-unsaturated/α-hetero) is 1. The molecule has 1 unspecified atom stereocenters. The number of aliphatic hydroxyl groups is 1. The molecule has 0 aliphatic carbocycles. The summed E-state index contributed by atoms with van der Waals surface area (Å²) in [5.74, 6) is -1.55. The van der Waals surface area contributed by atoms with Gasteiger partial charge in [-0.2, -0.15) is 0 Å². The molecule has 7 heteroatoms. The standard InChI is InChI=1S/C21H20Cl2N2O3/c1-24(2)11-12-25-18(13-3-7-15(22)8-4-13)17(20(27)21(25)28)19(26)14-5-9-16(23)10-6-14/h3-10,18,26H,11-12H2,1-2H3/b19-17+. The minimum absolute atomic E-state index is 0.0633.